The fourth-order valence-corrected chi connectivity index (χ4v) is 5.63. The Morgan fingerprint density at radius 1 is 1.21 bits per heavy atom. The van der Waals surface area contributed by atoms with E-state index in [0.29, 0.717) is 5.56 Å². The number of hydrogen-bond donors (Lipinski definition) is 1. The molecule has 1 saturated heterocycles. The number of aromatic nitrogens is 3. The lowest BCUT2D eigenvalue weighted by atomic mass is 10.0. The Kier molecular flexibility index (Phi) is 9.35. The molecule has 2 aromatic heterocycles. The van der Waals surface area contributed by atoms with Gasteiger partial charge in [0.25, 0.3) is 11.5 Å². The van der Waals surface area contributed by atoms with Crippen LogP contribution in [0.2, 0.25) is 0 Å². The largest absolute Gasteiger partial charge is 0.467 e. The molecular formula is C32H28F4N6O6. The number of morpholine rings is 1. The Morgan fingerprint density at radius 2 is 1.96 bits per heavy atom. The lowest BCUT2D eigenvalue weighted by Crippen LogP contribution is -2.53. The number of hydrogen-bond acceptors (Lipinski definition) is 9. The second-order valence-electron chi connectivity index (χ2n) is 11.0. The maximum atomic E-state index is 15.3. The maximum absolute atomic E-state index is 15.3. The predicted octanol–water partition coefficient (Wildman–Crippen LogP) is 2.69. The molecule has 250 valence electrons. The number of alkyl halides is 3. The summed E-state index contributed by atoms with van der Waals surface area (Å²) in [6.45, 7) is 0.598. The van der Waals surface area contributed by atoms with E-state index in [0.717, 1.165) is 22.6 Å². The first-order chi connectivity index (χ1) is 22.8. The van der Waals surface area contributed by atoms with Crippen LogP contribution in [0.3, 0.4) is 0 Å². The number of esters is 1. The summed E-state index contributed by atoms with van der Waals surface area (Å²) < 4.78 is 67.9. The van der Waals surface area contributed by atoms with Crippen molar-refractivity contribution in [3.8, 4) is 11.9 Å². The SMILES string of the molecule is COC(=O)[C@H](Cc1ccc(-n2c(=O)c3c(C#N)cccc3n(C)c2=O)nc1)NC(=O)c1c(C)cc(N2CCOC[C@@H]2C(F)(F)F)cc1F. The van der Waals surface area contributed by atoms with Crippen LogP contribution in [0.4, 0.5) is 23.2 Å². The van der Waals surface area contributed by atoms with Crippen molar-refractivity contribution in [2.24, 2.45) is 7.05 Å². The van der Waals surface area contributed by atoms with Gasteiger partial charge in [0.2, 0.25) is 0 Å². The summed E-state index contributed by atoms with van der Waals surface area (Å²) in [5.74, 6) is -3.05. The van der Waals surface area contributed by atoms with E-state index in [4.69, 9.17) is 9.47 Å². The summed E-state index contributed by atoms with van der Waals surface area (Å²) in [7, 11) is 2.53. The van der Waals surface area contributed by atoms with Crippen molar-refractivity contribution >= 4 is 28.5 Å². The molecule has 4 aromatic rings. The maximum Gasteiger partial charge on any atom is 0.411 e. The number of benzene rings is 2. The summed E-state index contributed by atoms with van der Waals surface area (Å²) in [4.78, 5) is 57.5. The molecule has 16 heteroatoms. The standard InChI is InChI=1S/C32H28F4N6O6/c1-17-11-20(41-9-10-48-16-24(41)32(34,35)36)13-21(33)26(17)28(43)39-22(30(45)47-3)12-18-7-8-25(38-15-18)42-29(44)27-19(14-37)5-4-6-23(27)40(2)31(42)46/h4-8,11,13,15,22,24H,9-10,12,16H2,1-3H3,(H,39,43)/t22-,24+/m0/s1. The Labute approximate surface area is 269 Å². The molecule has 12 nitrogen and oxygen atoms in total. The van der Waals surface area contributed by atoms with Crippen molar-refractivity contribution in [2.75, 3.05) is 31.8 Å². The molecule has 0 spiro atoms. The zero-order valence-electron chi connectivity index (χ0n) is 25.8. The van der Waals surface area contributed by atoms with Gasteiger partial charge < -0.3 is 19.7 Å². The highest BCUT2D eigenvalue weighted by molar-refractivity contribution is 5.98. The van der Waals surface area contributed by atoms with Crippen molar-refractivity contribution in [3.05, 3.63) is 97.6 Å². The number of carbonyl (C=O) groups is 2. The van der Waals surface area contributed by atoms with Gasteiger partial charge in [-0.25, -0.2) is 23.5 Å². The van der Waals surface area contributed by atoms with E-state index in [2.05, 4.69) is 10.3 Å². The zero-order chi connectivity index (χ0) is 34.9. The van der Waals surface area contributed by atoms with Crippen LogP contribution in [0.1, 0.15) is 27.0 Å². The van der Waals surface area contributed by atoms with E-state index < -0.39 is 59.4 Å². The van der Waals surface area contributed by atoms with Gasteiger partial charge in [0.15, 0.2) is 0 Å². The second kappa shape index (κ2) is 13.3. The predicted molar refractivity (Wildman–Crippen MR) is 163 cm³/mol. The number of nitriles is 1. The molecule has 0 bridgehead atoms. The van der Waals surface area contributed by atoms with Crippen molar-refractivity contribution < 1.29 is 36.6 Å². The number of aryl methyl sites for hydroxylation is 2. The number of nitrogens with one attached hydrogen (secondary N) is 1. The van der Waals surface area contributed by atoms with Crippen LogP contribution in [0.25, 0.3) is 16.7 Å². The number of nitrogens with zero attached hydrogens (tertiary/aromatic N) is 5. The van der Waals surface area contributed by atoms with Gasteiger partial charge in [0, 0.05) is 31.9 Å². The van der Waals surface area contributed by atoms with Crippen LogP contribution in [0.5, 0.6) is 0 Å². The quantitative estimate of drug-likeness (QED) is 0.232. The van der Waals surface area contributed by atoms with Crippen LogP contribution in [-0.4, -0.2) is 71.1 Å². The normalized spacial score (nSPS) is 15.5. The van der Waals surface area contributed by atoms with E-state index in [1.165, 1.54) is 55.1 Å². The average Bonchev–Trinajstić information content (AvgIpc) is 3.06. The van der Waals surface area contributed by atoms with Crippen LogP contribution in [0, 0.1) is 24.1 Å². The third-order valence-corrected chi connectivity index (χ3v) is 8.03. The van der Waals surface area contributed by atoms with E-state index in [1.807, 2.05) is 6.07 Å². The Balaban J connectivity index is 1.40. The summed E-state index contributed by atoms with van der Waals surface area (Å²) in [6.07, 6.45) is -3.57. The second-order valence-corrected chi connectivity index (χ2v) is 11.0. The van der Waals surface area contributed by atoms with Gasteiger partial charge >= 0.3 is 17.8 Å². The van der Waals surface area contributed by atoms with E-state index in [9.17, 15) is 37.6 Å². The number of halogens is 4. The first-order valence-electron chi connectivity index (χ1n) is 14.5. The number of carbonyl (C=O) groups excluding carboxylic acids is 2. The Morgan fingerprint density at radius 3 is 2.58 bits per heavy atom. The number of pyridine rings is 1. The minimum absolute atomic E-state index is 0.00388. The summed E-state index contributed by atoms with van der Waals surface area (Å²) in [5, 5.41) is 11.9. The zero-order valence-corrected chi connectivity index (χ0v) is 25.8. The molecule has 5 rings (SSSR count). The first-order valence-corrected chi connectivity index (χ1v) is 14.5. The van der Waals surface area contributed by atoms with Crippen LogP contribution in [-0.2, 0) is 27.7 Å². The van der Waals surface area contributed by atoms with E-state index in [-0.39, 0.29) is 53.1 Å². The number of ether oxygens (including phenoxy) is 2. The van der Waals surface area contributed by atoms with Gasteiger partial charge in [0.1, 0.15) is 29.8 Å². The highest BCUT2D eigenvalue weighted by Gasteiger charge is 2.45. The van der Waals surface area contributed by atoms with Gasteiger partial charge in [-0.2, -0.15) is 18.4 Å². The van der Waals surface area contributed by atoms with Gasteiger partial charge in [-0.05, 0) is 48.4 Å². The Bertz CT molecular complexity index is 2050. The highest BCUT2D eigenvalue weighted by atomic mass is 19.4. The van der Waals surface area contributed by atoms with Crippen molar-refractivity contribution in [1.82, 2.24) is 19.4 Å². The molecule has 2 atom stereocenters. The lowest BCUT2D eigenvalue weighted by Gasteiger charge is -2.38. The number of methoxy groups -OCH3 is 1. The molecule has 1 fully saturated rings. The number of anilines is 1. The molecule has 1 amide bonds. The van der Waals surface area contributed by atoms with Crippen LogP contribution < -0.4 is 21.5 Å². The minimum Gasteiger partial charge on any atom is -0.467 e. The van der Waals surface area contributed by atoms with Crippen LogP contribution in [0.15, 0.2) is 58.3 Å². The van der Waals surface area contributed by atoms with E-state index >= 15 is 4.39 Å². The average molecular weight is 669 g/mol. The van der Waals surface area contributed by atoms with E-state index in [1.54, 1.807) is 6.07 Å². The van der Waals surface area contributed by atoms with Crippen molar-refractivity contribution in [1.29, 1.82) is 5.26 Å². The van der Waals surface area contributed by atoms with Gasteiger partial charge in [-0.1, -0.05) is 12.1 Å². The molecule has 1 aliphatic heterocycles. The molecule has 1 N–H and O–H groups in total. The number of fused-ring (bicyclic) bond motifs is 1. The van der Waals surface area contributed by atoms with Gasteiger partial charge in [0.05, 0.1) is 42.4 Å². The molecule has 0 saturated carbocycles. The monoisotopic (exact) mass is 668 g/mol. The molecule has 2 aromatic carbocycles. The fraction of sp³-hybridized carbons (Fsp3) is 0.312. The number of rotatable bonds is 7. The third kappa shape index (κ3) is 6.36. The lowest BCUT2D eigenvalue weighted by molar-refractivity contribution is -0.167. The highest BCUT2D eigenvalue weighted by Crippen LogP contribution is 2.33. The molecule has 48 heavy (non-hydrogen) atoms. The molecule has 0 radical (unpaired) electrons. The molecule has 3 heterocycles. The van der Waals surface area contributed by atoms with Crippen molar-refractivity contribution in [2.45, 2.75) is 31.6 Å². The third-order valence-electron chi connectivity index (χ3n) is 8.03. The van der Waals surface area contributed by atoms with Gasteiger partial charge in [-0.15, -0.1) is 0 Å². The molecule has 1 aliphatic rings. The fourth-order valence-electron chi connectivity index (χ4n) is 5.63. The number of amides is 1. The minimum atomic E-state index is -4.64. The molecule has 0 aliphatic carbocycles. The summed E-state index contributed by atoms with van der Waals surface area (Å²) >= 11 is 0. The molecular weight excluding hydrogens is 640 g/mol. The Hall–Kier alpha value is -5.56. The topological polar surface area (TPSA) is 149 Å². The smallest absolute Gasteiger partial charge is 0.411 e. The summed E-state index contributed by atoms with van der Waals surface area (Å²) in [5.41, 5.74) is -1.29. The summed E-state index contributed by atoms with van der Waals surface area (Å²) in [6, 6.07) is 8.03. The van der Waals surface area contributed by atoms with Gasteiger partial charge in [-0.3, -0.25) is 14.2 Å². The molecule has 0 unspecified atom stereocenters. The van der Waals surface area contributed by atoms with Crippen molar-refractivity contribution in [3.63, 3.8) is 0 Å². The van der Waals surface area contributed by atoms with Crippen LogP contribution >= 0.6 is 0 Å². The first kappa shape index (κ1) is 33.8.